The Kier molecular flexibility index (Phi) is 7.94. The van der Waals surface area contributed by atoms with Gasteiger partial charge in [-0.25, -0.2) is 4.79 Å². The number of carbonyl (C=O) groups is 2. The number of ether oxygens (including phenoxy) is 2. The lowest BCUT2D eigenvalue weighted by atomic mass is 9.97. The second-order valence-corrected chi connectivity index (χ2v) is 9.01. The predicted molar refractivity (Wildman–Crippen MR) is 114 cm³/mol. The summed E-state index contributed by atoms with van der Waals surface area (Å²) in [5.74, 6) is 1.22. The fraction of sp³-hybridized carbons (Fsp3) is 0.652. The van der Waals surface area contributed by atoms with Crippen LogP contribution >= 0.6 is 0 Å². The molecule has 0 aromatic heterocycles. The Bertz CT molecular complexity index is 711. The van der Waals surface area contributed by atoms with Gasteiger partial charge in [-0.1, -0.05) is 12.1 Å². The van der Waals surface area contributed by atoms with E-state index in [4.69, 9.17) is 9.47 Å². The molecule has 0 bridgehead atoms. The Hall–Kier alpha value is -2.24. The average molecular weight is 405 g/mol. The van der Waals surface area contributed by atoms with Crippen LogP contribution in [0.4, 0.5) is 4.79 Å². The second-order valence-electron chi connectivity index (χ2n) is 9.01. The highest BCUT2D eigenvalue weighted by Gasteiger charge is 2.27. The Balaban J connectivity index is 1.79. The van der Waals surface area contributed by atoms with Crippen LogP contribution in [-0.4, -0.2) is 60.7 Å². The first kappa shape index (κ1) is 23.0. The normalized spacial score (nSPS) is 17.0. The molecule has 2 rings (SSSR count). The minimum atomic E-state index is -0.504. The highest BCUT2D eigenvalue weighted by atomic mass is 16.6. The molecule has 2 amide bonds. The van der Waals surface area contributed by atoms with Crippen LogP contribution in [0.3, 0.4) is 0 Å². The van der Waals surface area contributed by atoms with Crippen molar-refractivity contribution >= 4 is 12.0 Å². The number of carbonyl (C=O) groups excluding carboxylic acids is 2. The van der Waals surface area contributed by atoms with Crippen LogP contribution < -0.4 is 4.74 Å². The molecule has 1 heterocycles. The van der Waals surface area contributed by atoms with Gasteiger partial charge in [0.1, 0.15) is 11.4 Å². The lowest BCUT2D eigenvalue weighted by Gasteiger charge is -2.35. The van der Waals surface area contributed by atoms with Gasteiger partial charge in [-0.2, -0.15) is 0 Å². The molecule has 0 spiro atoms. The average Bonchev–Trinajstić information content (AvgIpc) is 2.64. The van der Waals surface area contributed by atoms with Crippen LogP contribution in [-0.2, 0) is 9.53 Å². The van der Waals surface area contributed by atoms with E-state index in [2.05, 4.69) is 13.0 Å². The summed E-state index contributed by atoms with van der Waals surface area (Å²) in [6.07, 6.45) is 2.01. The first-order valence-electron chi connectivity index (χ1n) is 10.5. The Morgan fingerprint density at radius 3 is 2.66 bits per heavy atom. The fourth-order valence-electron chi connectivity index (χ4n) is 3.53. The summed E-state index contributed by atoms with van der Waals surface area (Å²) >= 11 is 0. The number of hydrogen-bond acceptors (Lipinski definition) is 4. The maximum Gasteiger partial charge on any atom is 0.410 e. The molecule has 1 aromatic rings. The summed E-state index contributed by atoms with van der Waals surface area (Å²) in [6.45, 7) is 12.1. The number of hydrogen-bond donors (Lipinski definition) is 0. The summed E-state index contributed by atoms with van der Waals surface area (Å²) < 4.78 is 11.2. The topological polar surface area (TPSA) is 59.1 Å². The first-order chi connectivity index (χ1) is 13.6. The van der Waals surface area contributed by atoms with Gasteiger partial charge < -0.3 is 19.3 Å². The quantitative estimate of drug-likeness (QED) is 0.714. The van der Waals surface area contributed by atoms with Crippen LogP contribution in [0.15, 0.2) is 18.2 Å². The Morgan fingerprint density at radius 2 is 1.97 bits per heavy atom. The maximum atomic E-state index is 12.6. The number of benzene rings is 1. The number of rotatable bonds is 6. The van der Waals surface area contributed by atoms with E-state index in [0.717, 1.165) is 30.7 Å². The number of amides is 2. The van der Waals surface area contributed by atoms with E-state index < -0.39 is 5.60 Å². The van der Waals surface area contributed by atoms with Crippen molar-refractivity contribution in [3.05, 3.63) is 29.3 Å². The Morgan fingerprint density at radius 1 is 1.24 bits per heavy atom. The van der Waals surface area contributed by atoms with E-state index in [1.54, 1.807) is 11.9 Å². The molecule has 1 unspecified atom stereocenters. The lowest BCUT2D eigenvalue weighted by molar-refractivity contribution is -0.133. The summed E-state index contributed by atoms with van der Waals surface area (Å²) in [4.78, 5) is 28.3. The molecule has 1 saturated heterocycles. The molecule has 29 heavy (non-hydrogen) atoms. The lowest BCUT2D eigenvalue weighted by Crippen LogP contribution is -2.45. The molecule has 0 saturated carbocycles. The Labute approximate surface area is 175 Å². The first-order valence-corrected chi connectivity index (χ1v) is 10.5. The standard InChI is InChI=1S/C23H36N2O4/c1-17-9-7-11-20(18(17)2)28-14-12-21(26)25-13-8-10-19(16-25)15-24(6)22(27)29-23(3,4)5/h7,9,11,19H,8,10,12-16H2,1-6H3. The number of aryl methyl sites for hydroxylation is 1. The summed E-state index contributed by atoms with van der Waals surface area (Å²) in [6, 6.07) is 5.96. The molecular weight excluding hydrogens is 368 g/mol. The third-order valence-electron chi connectivity index (χ3n) is 5.24. The minimum absolute atomic E-state index is 0.111. The largest absolute Gasteiger partial charge is 0.493 e. The van der Waals surface area contributed by atoms with Gasteiger partial charge in [0.2, 0.25) is 5.91 Å². The number of likely N-dealkylation sites (tertiary alicyclic amines) is 1. The van der Waals surface area contributed by atoms with Gasteiger partial charge in [-0.3, -0.25) is 4.79 Å². The van der Waals surface area contributed by atoms with Crippen LogP contribution in [0, 0.1) is 19.8 Å². The third-order valence-corrected chi connectivity index (χ3v) is 5.24. The van der Waals surface area contributed by atoms with E-state index in [1.165, 1.54) is 5.56 Å². The van der Waals surface area contributed by atoms with Gasteiger partial charge in [0.05, 0.1) is 13.0 Å². The van der Waals surface area contributed by atoms with E-state index in [9.17, 15) is 9.59 Å². The van der Waals surface area contributed by atoms with Crippen LogP contribution in [0.2, 0.25) is 0 Å². The zero-order valence-electron chi connectivity index (χ0n) is 18.8. The summed E-state index contributed by atoms with van der Waals surface area (Å²) in [5, 5.41) is 0. The zero-order chi connectivity index (χ0) is 21.6. The summed E-state index contributed by atoms with van der Waals surface area (Å²) in [7, 11) is 1.76. The molecule has 1 fully saturated rings. The van der Waals surface area contributed by atoms with Gasteiger partial charge in [0, 0.05) is 26.7 Å². The molecule has 0 radical (unpaired) electrons. The van der Waals surface area contributed by atoms with Crippen LogP contribution in [0.5, 0.6) is 5.75 Å². The van der Waals surface area contributed by atoms with Crippen molar-refractivity contribution < 1.29 is 19.1 Å². The molecule has 1 aromatic carbocycles. The molecule has 6 nitrogen and oxygen atoms in total. The van der Waals surface area contributed by atoms with Crippen molar-refractivity contribution in [1.29, 1.82) is 0 Å². The highest BCUT2D eigenvalue weighted by Crippen LogP contribution is 2.22. The predicted octanol–water partition coefficient (Wildman–Crippen LogP) is 4.18. The maximum absolute atomic E-state index is 12.6. The highest BCUT2D eigenvalue weighted by molar-refractivity contribution is 5.76. The van der Waals surface area contributed by atoms with Crippen molar-refractivity contribution in [2.45, 2.75) is 59.5 Å². The molecular formula is C23H36N2O4. The van der Waals surface area contributed by atoms with Gasteiger partial charge in [0.15, 0.2) is 0 Å². The third kappa shape index (κ3) is 7.26. The van der Waals surface area contributed by atoms with Crippen molar-refractivity contribution in [1.82, 2.24) is 9.80 Å². The zero-order valence-corrected chi connectivity index (χ0v) is 18.8. The molecule has 0 N–H and O–H groups in total. The summed E-state index contributed by atoms with van der Waals surface area (Å²) in [5.41, 5.74) is 1.79. The van der Waals surface area contributed by atoms with Crippen molar-refractivity contribution in [3.8, 4) is 5.75 Å². The van der Waals surface area contributed by atoms with Crippen molar-refractivity contribution in [2.24, 2.45) is 5.92 Å². The minimum Gasteiger partial charge on any atom is -0.493 e. The van der Waals surface area contributed by atoms with Crippen molar-refractivity contribution in [3.63, 3.8) is 0 Å². The fourth-order valence-corrected chi connectivity index (χ4v) is 3.53. The number of piperidine rings is 1. The van der Waals surface area contributed by atoms with E-state index in [1.807, 2.05) is 44.7 Å². The molecule has 1 aliphatic heterocycles. The van der Waals surface area contributed by atoms with E-state index >= 15 is 0 Å². The smallest absolute Gasteiger partial charge is 0.410 e. The molecule has 0 aliphatic carbocycles. The van der Waals surface area contributed by atoms with Crippen LogP contribution in [0.1, 0.15) is 51.2 Å². The number of nitrogens with zero attached hydrogens (tertiary/aromatic N) is 2. The molecule has 1 aliphatic rings. The second kappa shape index (κ2) is 9.99. The van der Waals surface area contributed by atoms with E-state index in [0.29, 0.717) is 26.1 Å². The van der Waals surface area contributed by atoms with Gasteiger partial charge in [0.25, 0.3) is 0 Å². The van der Waals surface area contributed by atoms with E-state index in [-0.39, 0.29) is 17.9 Å². The van der Waals surface area contributed by atoms with Gasteiger partial charge in [-0.05, 0) is 70.6 Å². The van der Waals surface area contributed by atoms with Crippen molar-refractivity contribution in [2.75, 3.05) is 33.3 Å². The molecule has 162 valence electrons. The van der Waals surface area contributed by atoms with Crippen LogP contribution in [0.25, 0.3) is 0 Å². The monoisotopic (exact) mass is 404 g/mol. The molecule has 6 heteroatoms. The van der Waals surface area contributed by atoms with Gasteiger partial charge >= 0.3 is 6.09 Å². The molecule has 1 atom stereocenters. The van der Waals surface area contributed by atoms with Gasteiger partial charge in [-0.15, -0.1) is 0 Å². The SMILES string of the molecule is Cc1cccc(OCCC(=O)N2CCCC(CN(C)C(=O)OC(C)(C)C)C2)c1C.